The highest BCUT2D eigenvalue weighted by Gasteiger charge is 2.13. The van der Waals surface area contributed by atoms with Gasteiger partial charge < -0.3 is 0 Å². The molecular formula is C21H20OS. The van der Waals surface area contributed by atoms with Gasteiger partial charge in [0.1, 0.15) is 6.29 Å². The summed E-state index contributed by atoms with van der Waals surface area (Å²) in [6.07, 6.45) is 0.917. The summed E-state index contributed by atoms with van der Waals surface area (Å²) in [5, 5.41) is 2.12. The van der Waals surface area contributed by atoms with Crippen LogP contribution in [0.3, 0.4) is 0 Å². The van der Waals surface area contributed by atoms with Crippen LogP contribution in [0.15, 0.2) is 41.8 Å². The van der Waals surface area contributed by atoms with Crippen molar-refractivity contribution < 1.29 is 4.79 Å². The van der Waals surface area contributed by atoms with Gasteiger partial charge in [0.2, 0.25) is 0 Å². The first-order valence-corrected chi connectivity index (χ1v) is 8.61. The van der Waals surface area contributed by atoms with E-state index in [4.69, 9.17) is 0 Å². The number of hydrogen-bond donors (Lipinski definition) is 0. The van der Waals surface area contributed by atoms with Crippen molar-refractivity contribution in [1.82, 2.24) is 0 Å². The predicted molar refractivity (Wildman–Crippen MR) is 99.5 cm³/mol. The topological polar surface area (TPSA) is 17.1 Å². The smallest absolute Gasteiger partial charge is 0.150 e. The Bertz CT molecular complexity index is 827. The zero-order valence-corrected chi connectivity index (χ0v) is 14.8. The summed E-state index contributed by atoms with van der Waals surface area (Å²) < 4.78 is 0. The van der Waals surface area contributed by atoms with Gasteiger partial charge in [0, 0.05) is 10.4 Å². The van der Waals surface area contributed by atoms with Gasteiger partial charge >= 0.3 is 0 Å². The van der Waals surface area contributed by atoms with Crippen LogP contribution in [0.1, 0.15) is 32.6 Å². The normalized spacial score (nSPS) is 10.8. The lowest BCUT2D eigenvalue weighted by Gasteiger charge is -2.16. The van der Waals surface area contributed by atoms with E-state index >= 15 is 0 Å². The minimum absolute atomic E-state index is 0.743. The average Bonchev–Trinajstić information content (AvgIpc) is 2.99. The van der Waals surface area contributed by atoms with E-state index in [0.29, 0.717) is 0 Å². The van der Waals surface area contributed by atoms with Crippen molar-refractivity contribution in [2.45, 2.75) is 27.7 Å². The van der Waals surface area contributed by atoms with Crippen LogP contribution in [-0.4, -0.2) is 6.29 Å². The summed E-state index contributed by atoms with van der Waals surface area (Å²) in [6.45, 7) is 8.51. The van der Waals surface area contributed by atoms with Crippen molar-refractivity contribution >= 4 is 17.6 Å². The fourth-order valence-corrected chi connectivity index (χ4v) is 4.34. The quantitative estimate of drug-likeness (QED) is 0.531. The highest BCUT2D eigenvalue weighted by atomic mass is 32.1. The molecule has 3 rings (SSSR count). The maximum absolute atomic E-state index is 11.0. The highest BCUT2D eigenvalue weighted by molar-refractivity contribution is 7.13. The molecule has 1 heterocycles. The Hall–Kier alpha value is -2.19. The largest absolute Gasteiger partial charge is 0.298 e. The number of carbonyl (C=O) groups is 1. The van der Waals surface area contributed by atoms with Crippen LogP contribution in [0, 0.1) is 27.7 Å². The molecule has 0 spiro atoms. The third-order valence-corrected chi connectivity index (χ3v) is 5.17. The average molecular weight is 320 g/mol. The Morgan fingerprint density at radius 2 is 1.39 bits per heavy atom. The Kier molecular flexibility index (Phi) is 4.18. The van der Waals surface area contributed by atoms with Gasteiger partial charge in [0.25, 0.3) is 0 Å². The maximum atomic E-state index is 11.0. The molecule has 3 aromatic rings. The number of rotatable bonds is 3. The molecule has 0 aliphatic rings. The number of thiophene rings is 1. The third-order valence-electron chi connectivity index (χ3n) is 4.28. The molecule has 0 bridgehead atoms. The van der Waals surface area contributed by atoms with Gasteiger partial charge in [-0.25, -0.2) is 0 Å². The molecular weight excluding hydrogens is 300 g/mol. The molecule has 0 fully saturated rings. The fraction of sp³-hybridized carbons (Fsp3) is 0.190. The highest BCUT2D eigenvalue weighted by Crippen LogP contribution is 2.36. The van der Waals surface area contributed by atoms with E-state index in [1.165, 1.54) is 32.7 Å². The van der Waals surface area contributed by atoms with Gasteiger partial charge in [-0.2, -0.15) is 0 Å². The standard InChI is InChI=1S/C21H20OS/c1-13-8-17(12-22)9-14(2)20(13)18-10-15(3)21(16(4)11-18)19-6-5-7-23-19/h5-12H,1-4H3. The number of benzene rings is 2. The molecule has 116 valence electrons. The number of carbonyl (C=O) groups excluding carboxylic acids is 1. The van der Waals surface area contributed by atoms with Crippen LogP contribution in [0.25, 0.3) is 21.6 Å². The molecule has 0 N–H and O–H groups in total. The molecule has 23 heavy (non-hydrogen) atoms. The summed E-state index contributed by atoms with van der Waals surface area (Å²) in [5.74, 6) is 0. The molecule has 2 heteroatoms. The van der Waals surface area contributed by atoms with E-state index < -0.39 is 0 Å². The van der Waals surface area contributed by atoms with Gasteiger partial charge in [0.05, 0.1) is 0 Å². The Balaban J connectivity index is 2.18. The zero-order chi connectivity index (χ0) is 16.6. The molecule has 2 aromatic carbocycles. The van der Waals surface area contributed by atoms with Crippen LogP contribution < -0.4 is 0 Å². The van der Waals surface area contributed by atoms with E-state index in [1.54, 1.807) is 11.3 Å². The van der Waals surface area contributed by atoms with E-state index in [1.807, 2.05) is 12.1 Å². The van der Waals surface area contributed by atoms with Gasteiger partial charge in [-0.15, -0.1) is 11.3 Å². The summed E-state index contributed by atoms with van der Waals surface area (Å²) in [4.78, 5) is 12.4. The van der Waals surface area contributed by atoms with Crippen LogP contribution in [0.4, 0.5) is 0 Å². The van der Waals surface area contributed by atoms with E-state index in [9.17, 15) is 4.79 Å². The summed E-state index contributed by atoms with van der Waals surface area (Å²) in [5.41, 5.74) is 9.43. The molecule has 0 radical (unpaired) electrons. The lowest BCUT2D eigenvalue weighted by molar-refractivity contribution is 0.112. The molecule has 0 aliphatic carbocycles. The molecule has 0 amide bonds. The second kappa shape index (κ2) is 6.13. The van der Waals surface area contributed by atoms with Crippen LogP contribution >= 0.6 is 11.3 Å². The van der Waals surface area contributed by atoms with Gasteiger partial charge in [-0.05, 0) is 90.2 Å². The Labute approximate surface area is 141 Å². The first-order chi connectivity index (χ1) is 11.0. The summed E-state index contributed by atoms with van der Waals surface area (Å²) in [6, 6.07) is 12.7. The molecule has 0 saturated heterocycles. The zero-order valence-electron chi connectivity index (χ0n) is 13.9. The van der Waals surface area contributed by atoms with E-state index in [-0.39, 0.29) is 0 Å². The first-order valence-electron chi connectivity index (χ1n) is 7.73. The second-order valence-electron chi connectivity index (χ2n) is 6.11. The molecule has 0 aliphatic heterocycles. The van der Waals surface area contributed by atoms with Crippen molar-refractivity contribution in [2.75, 3.05) is 0 Å². The van der Waals surface area contributed by atoms with Crippen molar-refractivity contribution in [3.05, 3.63) is 69.6 Å². The van der Waals surface area contributed by atoms with Crippen molar-refractivity contribution in [3.8, 4) is 21.6 Å². The van der Waals surface area contributed by atoms with Crippen LogP contribution in [0.5, 0.6) is 0 Å². The minimum Gasteiger partial charge on any atom is -0.298 e. The SMILES string of the molecule is Cc1cc(C=O)cc(C)c1-c1cc(C)c(-c2cccs2)c(C)c1. The molecule has 0 unspecified atom stereocenters. The molecule has 1 aromatic heterocycles. The number of hydrogen-bond acceptors (Lipinski definition) is 2. The minimum atomic E-state index is 0.743. The number of aldehydes is 1. The lowest BCUT2D eigenvalue weighted by Crippen LogP contribution is -1.95. The monoisotopic (exact) mass is 320 g/mol. The van der Waals surface area contributed by atoms with E-state index in [2.05, 4.69) is 57.3 Å². The van der Waals surface area contributed by atoms with Crippen molar-refractivity contribution in [3.63, 3.8) is 0 Å². The van der Waals surface area contributed by atoms with Gasteiger partial charge in [-0.3, -0.25) is 4.79 Å². The Morgan fingerprint density at radius 1 is 0.826 bits per heavy atom. The molecule has 0 saturated carbocycles. The summed E-state index contributed by atoms with van der Waals surface area (Å²) >= 11 is 1.78. The maximum Gasteiger partial charge on any atom is 0.150 e. The van der Waals surface area contributed by atoms with E-state index in [0.717, 1.165) is 23.0 Å². The second-order valence-corrected chi connectivity index (χ2v) is 7.06. The van der Waals surface area contributed by atoms with Crippen molar-refractivity contribution in [1.29, 1.82) is 0 Å². The summed E-state index contributed by atoms with van der Waals surface area (Å²) in [7, 11) is 0. The molecule has 1 nitrogen and oxygen atoms in total. The lowest BCUT2D eigenvalue weighted by atomic mass is 9.89. The van der Waals surface area contributed by atoms with Gasteiger partial charge in [-0.1, -0.05) is 18.2 Å². The van der Waals surface area contributed by atoms with Crippen LogP contribution in [0.2, 0.25) is 0 Å². The fourth-order valence-electron chi connectivity index (χ4n) is 3.44. The predicted octanol–water partition coefficient (Wildman–Crippen LogP) is 6.13. The van der Waals surface area contributed by atoms with Gasteiger partial charge in [0.15, 0.2) is 0 Å². The number of aryl methyl sites for hydroxylation is 4. The first kappa shape index (κ1) is 15.7. The Morgan fingerprint density at radius 3 is 1.87 bits per heavy atom. The van der Waals surface area contributed by atoms with Crippen LogP contribution in [-0.2, 0) is 0 Å². The molecule has 0 atom stereocenters. The third kappa shape index (κ3) is 2.87. The van der Waals surface area contributed by atoms with Crippen molar-refractivity contribution in [2.24, 2.45) is 0 Å².